The molecule has 0 unspecified atom stereocenters. The average Bonchev–Trinajstić information content (AvgIpc) is 3.11. The molecule has 1 aliphatic rings. The van der Waals surface area contributed by atoms with E-state index < -0.39 is 10.0 Å². The van der Waals surface area contributed by atoms with Gasteiger partial charge in [0.2, 0.25) is 0 Å². The minimum Gasteiger partial charge on any atom is -0.332 e. The third-order valence-corrected chi connectivity index (χ3v) is 6.49. The molecule has 21 heavy (non-hydrogen) atoms. The summed E-state index contributed by atoms with van der Waals surface area (Å²) in [4.78, 5) is 8.70. The number of hydrogen-bond acceptors (Lipinski definition) is 5. The maximum atomic E-state index is 12.9. The van der Waals surface area contributed by atoms with Crippen LogP contribution in [0.4, 0.5) is 0 Å². The molecule has 1 aliphatic heterocycles. The summed E-state index contributed by atoms with van der Waals surface area (Å²) >= 11 is 7.39. The van der Waals surface area contributed by atoms with Gasteiger partial charge in [-0.05, 0) is 0 Å². The first kappa shape index (κ1) is 13.3. The normalized spacial score (nSPS) is 16.4. The fourth-order valence-electron chi connectivity index (χ4n) is 2.46. The summed E-state index contributed by atoms with van der Waals surface area (Å²) in [5.74, 6) is 0. The minimum atomic E-state index is -3.70. The Bertz CT molecular complexity index is 926. The number of fused-ring (bicyclic) bond motifs is 2. The number of thiazole rings is 1. The first-order valence-electron chi connectivity index (χ1n) is 6.17. The Hall–Kier alpha value is -1.42. The molecule has 0 fully saturated rings. The van der Waals surface area contributed by atoms with Gasteiger partial charge in [-0.15, -0.1) is 11.3 Å². The zero-order valence-corrected chi connectivity index (χ0v) is 13.1. The number of imidazole rings is 2. The van der Waals surface area contributed by atoms with E-state index in [0.29, 0.717) is 18.1 Å². The molecule has 0 aliphatic carbocycles. The molecule has 110 valence electrons. The SMILES string of the molecule is O=S(=O)(c1c(Cl)nc2sccn12)N1CCn2cncc2C1. The highest BCUT2D eigenvalue weighted by molar-refractivity contribution is 7.89. The van der Waals surface area contributed by atoms with E-state index in [9.17, 15) is 8.42 Å². The third-order valence-electron chi connectivity index (χ3n) is 3.49. The van der Waals surface area contributed by atoms with Crippen LogP contribution in [0.1, 0.15) is 5.69 Å². The van der Waals surface area contributed by atoms with Crippen LogP contribution in [-0.4, -0.2) is 38.2 Å². The zero-order valence-electron chi connectivity index (χ0n) is 10.7. The number of hydrogen-bond donors (Lipinski definition) is 0. The molecule has 0 spiro atoms. The minimum absolute atomic E-state index is 0.0148. The molecular weight excluding hydrogens is 334 g/mol. The van der Waals surface area contributed by atoms with Crippen LogP contribution < -0.4 is 0 Å². The lowest BCUT2D eigenvalue weighted by Gasteiger charge is -2.26. The Morgan fingerprint density at radius 2 is 2.19 bits per heavy atom. The summed E-state index contributed by atoms with van der Waals surface area (Å²) in [7, 11) is -3.70. The lowest BCUT2D eigenvalue weighted by Crippen LogP contribution is -2.38. The van der Waals surface area contributed by atoms with Crippen LogP contribution in [0, 0.1) is 0 Å². The van der Waals surface area contributed by atoms with Crippen molar-refractivity contribution in [2.45, 2.75) is 18.1 Å². The van der Waals surface area contributed by atoms with Gasteiger partial charge in [0.15, 0.2) is 15.1 Å². The van der Waals surface area contributed by atoms with Crippen molar-refractivity contribution < 1.29 is 8.42 Å². The lowest BCUT2D eigenvalue weighted by molar-refractivity contribution is 0.340. The van der Waals surface area contributed by atoms with E-state index >= 15 is 0 Å². The van der Waals surface area contributed by atoms with Crippen LogP contribution in [0.25, 0.3) is 4.96 Å². The van der Waals surface area contributed by atoms with Crippen molar-refractivity contribution in [3.63, 3.8) is 0 Å². The molecule has 0 amide bonds. The van der Waals surface area contributed by atoms with Gasteiger partial charge in [0.1, 0.15) is 0 Å². The summed E-state index contributed by atoms with van der Waals surface area (Å²) in [6, 6.07) is 0. The summed E-state index contributed by atoms with van der Waals surface area (Å²) in [6.07, 6.45) is 5.06. The van der Waals surface area contributed by atoms with Gasteiger partial charge in [-0.25, -0.2) is 18.4 Å². The molecule has 10 heteroatoms. The second-order valence-corrected chi connectivity index (χ2v) is 7.76. The van der Waals surface area contributed by atoms with Crippen molar-refractivity contribution >= 4 is 37.9 Å². The van der Waals surface area contributed by atoms with Gasteiger partial charge in [-0.1, -0.05) is 11.6 Å². The number of rotatable bonds is 2. The van der Waals surface area contributed by atoms with Crippen molar-refractivity contribution in [3.8, 4) is 0 Å². The number of aromatic nitrogens is 4. The molecule has 3 aromatic heterocycles. The van der Waals surface area contributed by atoms with Crippen LogP contribution in [-0.2, 0) is 23.1 Å². The van der Waals surface area contributed by atoms with Crippen molar-refractivity contribution in [3.05, 3.63) is 34.9 Å². The molecule has 0 saturated heterocycles. The fraction of sp³-hybridized carbons (Fsp3) is 0.273. The molecule has 0 saturated carbocycles. The van der Waals surface area contributed by atoms with Crippen LogP contribution in [0.3, 0.4) is 0 Å². The van der Waals surface area contributed by atoms with Gasteiger partial charge >= 0.3 is 0 Å². The fourth-order valence-corrected chi connectivity index (χ4v) is 5.27. The summed E-state index contributed by atoms with van der Waals surface area (Å²) in [5.41, 5.74) is 0.868. The quantitative estimate of drug-likeness (QED) is 0.706. The van der Waals surface area contributed by atoms with E-state index in [4.69, 9.17) is 11.6 Å². The number of halogens is 1. The van der Waals surface area contributed by atoms with E-state index in [0.717, 1.165) is 5.69 Å². The highest BCUT2D eigenvalue weighted by Gasteiger charge is 2.33. The summed E-state index contributed by atoms with van der Waals surface area (Å²) in [5, 5.41) is 1.83. The lowest BCUT2D eigenvalue weighted by atomic mass is 10.4. The van der Waals surface area contributed by atoms with E-state index in [2.05, 4.69) is 9.97 Å². The zero-order chi connectivity index (χ0) is 14.6. The maximum Gasteiger partial charge on any atom is 0.262 e. The first-order valence-corrected chi connectivity index (χ1v) is 8.87. The van der Waals surface area contributed by atoms with E-state index in [1.165, 1.54) is 20.0 Å². The standard InChI is InChI=1S/C11H10ClN5O2S2/c12-9-10(17-3-4-20-11(17)14-9)21(18,19)16-2-1-15-7-13-5-8(15)6-16/h3-5,7H,1-2,6H2. The molecule has 0 aromatic carbocycles. The van der Waals surface area contributed by atoms with Crippen LogP contribution in [0.15, 0.2) is 29.1 Å². The predicted molar refractivity (Wildman–Crippen MR) is 77.9 cm³/mol. The van der Waals surface area contributed by atoms with E-state index in [-0.39, 0.29) is 16.7 Å². The molecule has 4 rings (SSSR count). The van der Waals surface area contributed by atoms with Gasteiger partial charge in [0, 0.05) is 30.9 Å². The smallest absolute Gasteiger partial charge is 0.262 e. The van der Waals surface area contributed by atoms with Crippen molar-refractivity contribution in [1.82, 2.24) is 23.2 Å². The van der Waals surface area contributed by atoms with Gasteiger partial charge in [-0.2, -0.15) is 4.31 Å². The Morgan fingerprint density at radius 3 is 3.05 bits per heavy atom. The molecule has 4 heterocycles. The average molecular weight is 344 g/mol. The Balaban J connectivity index is 1.81. The Labute approximate surface area is 129 Å². The molecule has 0 atom stereocenters. The second kappa shape index (κ2) is 4.54. The molecule has 0 bridgehead atoms. The van der Waals surface area contributed by atoms with Crippen molar-refractivity contribution in [1.29, 1.82) is 0 Å². The summed E-state index contributed by atoms with van der Waals surface area (Å²) in [6.45, 7) is 1.26. The molecular formula is C11H10ClN5O2S2. The van der Waals surface area contributed by atoms with Gasteiger partial charge in [0.25, 0.3) is 10.0 Å². The highest BCUT2D eigenvalue weighted by atomic mass is 35.5. The predicted octanol–water partition coefficient (Wildman–Crippen LogP) is 1.45. The highest BCUT2D eigenvalue weighted by Crippen LogP contribution is 2.29. The van der Waals surface area contributed by atoms with Crippen LogP contribution in [0.5, 0.6) is 0 Å². The number of sulfonamides is 1. The number of nitrogens with zero attached hydrogens (tertiary/aromatic N) is 5. The second-order valence-electron chi connectivity index (χ2n) is 4.68. The summed E-state index contributed by atoms with van der Waals surface area (Å²) < 4.78 is 30.6. The Morgan fingerprint density at radius 1 is 1.33 bits per heavy atom. The molecule has 0 N–H and O–H groups in total. The van der Waals surface area contributed by atoms with Gasteiger partial charge < -0.3 is 4.57 Å². The third kappa shape index (κ3) is 1.92. The largest absolute Gasteiger partial charge is 0.332 e. The van der Waals surface area contributed by atoms with E-state index in [1.54, 1.807) is 24.1 Å². The molecule has 7 nitrogen and oxygen atoms in total. The first-order chi connectivity index (χ1) is 10.1. The Kier molecular flexibility index (Phi) is 2.86. The van der Waals surface area contributed by atoms with E-state index in [1.807, 2.05) is 4.57 Å². The van der Waals surface area contributed by atoms with Crippen LogP contribution in [0.2, 0.25) is 5.15 Å². The molecule has 3 aromatic rings. The molecule has 0 radical (unpaired) electrons. The van der Waals surface area contributed by atoms with Crippen molar-refractivity contribution in [2.75, 3.05) is 6.54 Å². The van der Waals surface area contributed by atoms with Gasteiger partial charge in [-0.3, -0.25) is 4.40 Å². The monoisotopic (exact) mass is 343 g/mol. The van der Waals surface area contributed by atoms with Gasteiger partial charge in [0.05, 0.1) is 18.6 Å². The maximum absolute atomic E-state index is 12.9. The van der Waals surface area contributed by atoms with Crippen molar-refractivity contribution in [2.24, 2.45) is 0 Å². The topological polar surface area (TPSA) is 72.5 Å². The van der Waals surface area contributed by atoms with Crippen LogP contribution >= 0.6 is 22.9 Å².